The molecule has 0 amide bonds. The molecule has 9 nitrogen and oxygen atoms in total. The number of carbonyl (C=O) groups is 2. The maximum Gasteiger partial charge on any atom is 0.342 e. The van der Waals surface area contributed by atoms with Crippen molar-refractivity contribution in [3.05, 3.63) is 38.6 Å². The number of nitrogen functional groups attached to an aromatic ring is 1. The lowest BCUT2D eigenvalue weighted by Crippen LogP contribution is -2.24. The summed E-state index contributed by atoms with van der Waals surface area (Å²) in [5.41, 5.74) is 2.86. The summed E-state index contributed by atoms with van der Waals surface area (Å²) >= 11 is 6.17. The van der Waals surface area contributed by atoms with E-state index >= 15 is 0 Å². The maximum atomic E-state index is 12.1. The van der Waals surface area contributed by atoms with Crippen molar-refractivity contribution < 1.29 is 29.3 Å². The highest BCUT2D eigenvalue weighted by atomic mass is 35.5. The summed E-state index contributed by atoms with van der Waals surface area (Å²) in [4.78, 5) is 37.3. The number of halogens is 1. The molecule has 0 saturated carbocycles. The van der Waals surface area contributed by atoms with E-state index in [-0.39, 0.29) is 34.3 Å². The van der Waals surface area contributed by atoms with Crippen LogP contribution in [-0.4, -0.2) is 40.9 Å². The number of methoxy groups -OCH3 is 1. The minimum atomic E-state index is -1.62. The van der Waals surface area contributed by atoms with Crippen molar-refractivity contribution in [2.75, 3.05) is 19.5 Å². The quantitative estimate of drug-likeness (QED) is 0.592. The highest BCUT2D eigenvalue weighted by Crippen LogP contribution is 2.41. The highest BCUT2D eigenvalue weighted by molar-refractivity contribution is 6.32. The van der Waals surface area contributed by atoms with Gasteiger partial charge in [-0.15, -0.1) is 0 Å². The second kappa shape index (κ2) is 7.36. The first-order chi connectivity index (χ1) is 12.2. The van der Waals surface area contributed by atoms with Crippen LogP contribution in [0.15, 0.2) is 16.9 Å². The van der Waals surface area contributed by atoms with E-state index < -0.39 is 34.4 Å². The van der Waals surface area contributed by atoms with Crippen molar-refractivity contribution in [3.8, 4) is 22.6 Å². The van der Waals surface area contributed by atoms with Crippen molar-refractivity contribution in [1.82, 2.24) is 4.98 Å². The lowest BCUT2D eigenvalue weighted by atomic mass is 9.95. The molecule has 0 atom stereocenters. The average Bonchev–Trinajstić information content (AvgIpc) is 2.54. The van der Waals surface area contributed by atoms with Gasteiger partial charge in [-0.05, 0) is 24.6 Å². The summed E-state index contributed by atoms with van der Waals surface area (Å²) in [6.07, 6.45) is 0. The third kappa shape index (κ3) is 3.29. The van der Waals surface area contributed by atoms with Crippen molar-refractivity contribution >= 4 is 29.4 Å². The number of aromatic nitrogens is 1. The number of carboxylic acid groups (broad SMARTS) is 2. The first kappa shape index (κ1) is 19.1. The number of carboxylic acids is 2. The molecular formula is C16H15ClN2O7. The second-order valence-corrected chi connectivity index (χ2v) is 5.43. The van der Waals surface area contributed by atoms with E-state index in [4.69, 9.17) is 26.8 Å². The summed E-state index contributed by atoms with van der Waals surface area (Å²) in [5.74, 6) is -3.27. The number of H-pyrrole nitrogens is 1. The minimum absolute atomic E-state index is 0.0305. The van der Waals surface area contributed by atoms with Gasteiger partial charge in [-0.25, -0.2) is 9.59 Å². The van der Waals surface area contributed by atoms with Crippen molar-refractivity contribution in [3.63, 3.8) is 0 Å². The Morgan fingerprint density at radius 2 is 1.85 bits per heavy atom. The molecule has 0 aliphatic rings. The van der Waals surface area contributed by atoms with E-state index in [1.54, 1.807) is 6.92 Å². The van der Waals surface area contributed by atoms with Crippen molar-refractivity contribution in [1.29, 1.82) is 0 Å². The molecule has 0 aliphatic heterocycles. The van der Waals surface area contributed by atoms with Gasteiger partial charge in [0.1, 0.15) is 16.9 Å². The van der Waals surface area contributed by atoms with Gasteiger partial charge in [0.15, 0.2) is 11.5 Å². The zero-order chi connectivity index (χ0) is 19.6. The Morgan fingerprint density at radius 3 is 2.35 bits per heavy atom. The predicted molar refractivity (Wildman–Crippen MR) is 93.6 cm³/mol. The largest absolute Gasteiger partial charge is 0.493 e. The molecule has 1 heterocycles. The third-order valence-corrected chi connectivity index (χ3v) is 3.76. The van der Waals surface area contributed by atoms with Crippen LogP contribution in [0.4, 0.5) is 5.82 Å². The van der Waals surface area contributed by atoms with Crippen LogP contribution in [0.25, 0.3) is 11.1 Å². The van der Waals surface area contributed by atoms with Crippen LogP contribution in [0, 0.1) is 0 Å². The minimum Gasteiger partial charge on any atom is -0.493 e. The number of benzene rings is 1. The fraction of sp³-hybridized carbons (Fsp3) is 0.188. The number of hydrogen-bond acceptors (Lipinski definition) is 6. The predicted octanol–water partition coefficient (Wildman–Crippen LogP) is 2.08. The number of anilines is 1. The number of hydrogen-bond donors (Lipinski definition) is 4. The normalized spacial score (nSPS) is 10.4. The number of nitrogens with two attached hydrogens (primary N) is 1. The average molecular weight is 383 g/mol. The van der Waals surface area contributed by atoms with Crippen molar-refractivity contribution in [2.24, 2.45) is 0 Å². The van der Waals surface area contributed by atoms with E-state index in [9.17, 15) is 24.6 Å². The summed E-state index contributed by atoms with van der Waals surface area (Å²) in [6.45, 7) is 2.01. The summed E-state index contributed by atoms with van der Waals surface area (Å²) < 4.78 is 10.6. The Hall–Kier alpha value is -3.20. The Labute approximate surface area is 151 Å². The summed E-state index contributed by atoms with van der Waals surface area (Å²) in [7, 11) is 1.33. The van der Waals surface area contributed by atoms with Gasteiger partial charge in [0.2, 0.25) is 0 Å². The van der Waals surface area contributed by atoms with E-state index in [0.29, 0.717) is 0 Å². The van der Waals surface area contributed by atoms with Crippen LogP contribution in [0.2, 0.25) is 5.02 Å². The van der Waals surface area contributed by atoms with Gasteiger partial charge in [-0.2, -0.15) is 0 Å². The molecule has 0 saturated heterocycles. The molecular weight excluding hydrogens is 368 g/mol. The smallest absolute Gasteiger partial charge is 0.342 e. The first-order valence-electron chi connectivity index (χ1n) is 7.25. The number of aromatic carboxylic acids is 2. The Morgan fingerprint density at radius 1 is 1.23 bits per heavy atom. The van der Waals surface area contributed by atoms with Crippen LogP contribution < -0.4 is 20.8 Å². The topological polar surface area (TPSA) is 152 Å². The standard InChI is InChI=1S/C16H15ClN2O7/c1-3-26-12-7(17)4-6(5-8(12)25-2)9-10(15(21)22)13(18)19-14(20)11(9)16(23)24/h4-5H,3H2,1-2H3,(H,21,22)(H,23,24)(H3,18,19,20). The monoisotopic (exact) mass is 382 g/mol. The molecule has 2 aromatic rings. The van der Waals surface area contributed by atoms with E-state index in [0.717, 1.165) is 0 Å². The van der Waals surface area contributed by atoms with Crippen LogP contribution >= 0.6 is 11.6 Å². The number of aromatic amines is 1. The van der Waals surface area contributed by atoms with Gasteiger partial charge in [0.05, 0.1) is 18.7 Å². The SMILES string of the molecule is CCOc1c(Cl)cc(-c2c(C(=O)O)c(N)[nH]c(=O)c2C(=O)O)cc1OC. The first-order valence-corrected chi connectivity index (χ1v) is 7.63. The van der Waals surface area contributed by atoms with Crippen LogP contribution in [0.3, 0.4) is 0 Å². The van der Waals surface area contributed by atoms with Gasteiger partial charge < -0.3 is 30.4 Å². The molecule has 0 aliphatic carbocycles. The molecule has 2 rings (SSSR count). The van der Waals surface area contributed by atoms with E-state index in [2.05, 4.69) is 0 Å². The van der Waals surface area contributed by atoms with Crippen LogP contribution in [-0.2, 0) is 0 Å². The van der Waals surface area contributed by atoms with Gasteiger partial charge in [-0.3, -0.25) is 4.79 Å². The second-order valence-electron chi connectivity index (χ2n) is 5.03. The third-order valence-electron chi connectivity index (χ3n) is 3.48. The molecule has 1 aromatic heterocycles. The van der Waals surface area contributed by atoms with E-state index in [1.165, 1.54) is 19.2 Å². The lowest BCUT2D eigenvalue weighted by Gasteiger charge is -2.16. The Balaban J connectivity index is 2.96. The van der Waals surface area contributed by atoms with Crippen LogP contribution in [0.5, 0.6) is 11.5 Å². The van der Waals surface area contributed by atoms with Crippen LogP contribution in [0.1, 0.15) is 27.6 Å². The zero-order valence-corrected chi connectivity index (χ0v) is 14.5. The van der Waals surface area contributed by atoms with Gasteiger partial charge in [-0.1, -0.05) is 11.6 Å². The molecule has 0 fully saturated rings. The molecule has 1 aromatic carbocycles. The van der Waals surface area contributed by atoms with Gasteiger partial charge in [0.25, 0.3) is 5.56 Å². The van der Waals surface area contributed by atoms with Gasteiger partial charge in [0, 0.05) is 5.56 Å². The molecule has 0 spiro atoms. The Bertz CT molecular complexity index is 953. The molecule has 5 N–H and O–H groups in total. The zero-order valence-electron chi connectivity index (χ0n) is 13.8. The molecule has 10 heteroatoms. The molecule has 0 bridgehead atoms. The fourth-order valence-electron chi connectivity index (χ4n) is 2.48. The number of ether oxygens (including phenoxy) is 2. The lowest BCUT2D eigenvalue weighted by molar-refractivity contribution is 0.0695. The highest BCUT2D eigenvalue weighted by Gasteiger charge is 2.28. The summed E-state index contributed by atoms with van der Waals surface area (Å²) in [5, 5.41) is 18.9. The molecule has 0 radical (unpaired) electrons. The number of pyridine rings is 1. The molecule has 138 valence electrons. The fourth-order valence-corrected chi connectivity index (χ4v) is 2.75. The number of rotatable bonds is 6. The maximum absolute atomic E-state index is 12.1. The molecule has 0 unspecified atom stereocenters. The Kier molecular flexibility index (Phi) is 5.41. The van der Waals surface area contributed by atoms with Crippen molar-refractivity contribution in [2.45, 2.75) is 6.92 Å². The van der Waals surface area contributed by atoms with Gasteiger partial charge >= 0.3 is 11.9 Å². The summed E-state index contributed by atoms with van der Waals surface area (Å²) in [6, 6.07) is 2.60. The van der Waals surface area contributed by atoms with E-state index in [1.807, 2.05) is 4.98 Å². The number of nitrogens with one attached hydrogen (secondary N) is 1. The molecule has 26 heavy (non-hydrogen) atoms.